The summed E-state index contributed by atoms with van der Waals surface area (Å²) in [5, 5.41) is 2.94. The summed E-state index contributed by atoms with van der Waals surface area (Å²) in [7, 11) is 0. The Kier molecular flexibility index (Phi) is 4.66. The highest BCUT2D eigenvalue weighted by Crippen LogP contribution is 2.24. The second kappa shape index (κ2) is 7.26. The van der Waals surface area contributed by atoms with Crippen LogP contribution < -0.4 is 5.32 Å². The first-order valence-corrected chi connectivity index (χ1v) is 9.22. The van der Waals surface area contributed by atoms with Crippen molar-refractivity contribution in [2.75, 3.05) is 11.9 Å². The summed E-state index contributed by atoms with van der Waals surface area (Å²) in [4.78, 5) is 31.3. The van der Waals surface area contributed by atoms with E-state index in [1.165, 1.54) is 0 Å². The first kappa shape index (κ1) is 17.3. The topological polar surface area (TPSA) is 80.4 Å². The predicted molar refractivity (Wildman–Crippen MR) is 101 cm³/mol. The monoisotopic (exact) mass is 366 g/mol. The van der Waals surface area contributed by atoms with Gasteiger partial charge in [-0.1, -0.05) is 19.1 Å². The molecule has 3 aromatic rings. The molecule has 1 atom stereocenters. The van der Waals surface area contributed by atoms with E-state index < -0.39 is 0 Å². The Morgan fingerprint density at radius 2 is 2.15 bits per heavy atom. The third-order valence-electron chi connectivity index (χ3n) is 4.85. The molecule has 1 aliphatic heterocycles. The number of nitrogens with one attached hydrogen (secondary N) is 1. The Labute approximate surface area is 157 Å². The van der Waals surface area contributed by atoms with Crippen molar-refractivity contribution in [3.8, 4) is 0 Å². The zero-order valence-electron chi connectivity index (χ0n) is 15.2. The SMILES string of the molecule is CCCn1c(NC(=O)[C@H]2CC(=O)N(Cc3ccco3)C2)nc2ccccc21. The van der Waals surface area contributed by atoms with Gasteiger partial charge in [0.2, 0.25) is 17.8 Å². The van der Waals surface area contributed by atoms with Gasteiger partial charge in [-0.3, -0.25) is 14.9 Å². The number of aryl methyl sites for hydroxylation is 1. The van der Waals surface area contributed by atoms with E-state index in [-0.39, 0.29) is 24.2 Å². The van der Waals surface area contributed by atoms with Crippen LogP contribution in [0, 0.1) is 5.92 Å². The zero-order chi connectivity index (χ0) is 18.8. The first-order valence-electron chi connectivity index (χ1n) is 9.22. The second-order valence-electron chi connectivity index (χ2n) is 6.82. The molecule has 1 saturated heterocycles. The molecule has 27 heavy (non-hydrogen) atoms. The lowest BCUT2D eigenvalue weighted by atomic mass is 10.1. The Balaban J connectivity index is 1.49. The highest BCUT2D eigenvalue weighted by Gasteiger charge is 2.35. The van der Waals surface area contributed by atoms with Crippen LogP contribution in [0.5, 0.6) is 0 Å². The highest BCUT2D eigenvalue weighted by atomic mass is 16.3. The van der Waals surface area contributed by atoms with Crippen LogP contribution in [0.25, 0.3) is 11.0 Å². The molecule has 0 radical (unpaired) electrons. The minimum atomic E-state index is -0.387. The van der Waals surface area contributed by atoms with E-state index in [0.717, 1.165) is 24.0 Å². The summed E-state index contributed by atoms with van der Waals surface area (Å²) in [6.45, 7) is 3.64. The molecule has 2 amide bonds. The number of amides is 2. The van der Waals surface area contributed by atoms with Crippen LogP contribution >= 0.6 is 0 Å². The van der Waals surface area contributed by atoms with Gasteiger partial charge in [-0.2, -0.15) is 0 Å². The number of hydrogen-bond acceptors (Lipinski definition) is 4. The van der Waals surface area contributed by atoms with E-state index in [0.29, 0.717) is 24.8 Å². The minimum absolute atomic E-state index is 0.0337. The van der Waals surface area contributed by atoms with E-state index in [1.54, 1.807) is 17.2 Å². The smallest absolute Gasteiger partial charge is 0.232 e. The fourth-order valence-corrected chi connectivity index (χ4v) is 3.52. The third-order valence-corrected chi connectivity index (χ3v) is 4.85. The summed E-state index contributed by atoms with van der Waals surface area (Å²) in [6.07, 6.45) is 2.72. The van der Waals surface area contributed by atoms with Crippen molar-refractivity contribution in [1.82, 2.24) is 14.5 Å². The van der Waals surface area contributed by atoms with Crippen LogP contribution in [0.4, 0.5) is 5.95 Å². The maximum absolute atomic E-state index is 12.8. The number of rotatable bonds is 6. The Hall–Kier alpha value is -3.09. The van der Waals surface area contributed by atoms with E-state index in [4.69, 9.17) is 4.42 Å². The van der Waals surface area contributed by atoms with Gasteiger partial charge in [0.05, 0.1) is 29.8 Å². The number of nitrogens with zero attached hydrogens (tertiary/aromatic N) is 3. The van der Waals surface area contributed by atoms with E-state index in [2.05, 4.69) is 17.2 Å². The molecule has 1 N–H and O–H groups in total. The van der Waals surface area contributed by atoms with Crippen LogP contribution in [0.1, 0.15) is 25.5 Å². The van der Waals surface area contributed by atoms with Gasteiger partial charge in [-0.25, -0.2) is 4.98 Å². The van der Waals surface area contributed by atoms with Crippen molar-refractivity contribution in [3.05, 3.63) is 48.4 Å². The summed E-state index contributed by atoms with van der Waals surface area (Å²) in [6, 6.07) is 11.4. The number of fused-ring (bicyclic) bond motifs is 1. The van der Waals surface area contributed by atoms with Gasteiger partial charge in [0, 0.05) is 19.5 Å². The molecule has 7 heteroatoms. The summed E-state index contributed by atoms with van der Waals surface area (Å²) < 4.78 is 7.32. The molecule has 0 unspecified atom stereocenters. The quantitative estimate of drug-likeness (QED) is 0.727. The minimum Gasteiger partial charge on any atom is -0.467 e. The zero-order valence-corrected chi connectivity index (χ0v) is 15.2. The number of hydrogen-bond donors (Lipinski definition) is 1. The van der Waals surface area contributed by atoms with Gasteiger partial charge in [-0.15, -0.1) is 0 Å². The van der Waals surface area contributed by atoms with Crippen molar-refractivity contribution in [1.29, 1.82) is 0 Å². The highest BCUT2D eigenvalue weighted by molar-refractivity contribution is 5.97. The Bertz CT molecular complexity index is 961. The largest absolute Gasteiger partial charge is 0.467 e. The molecule has 3 heterocycles. The van der Waals surface area contributed by atoms with Crippen molar-refractivity contribution >= 4 is 28.8 Å². The standard InChI is InChI=1S/C20H22N4O3/c1-2-9-24-17-8-4-3-7-16(17)21-20(24)22-19(26)14-11-18(25)23(12-14)13-15-6-5-10-27-15/h3-8,10,14H,2,9,11-13H2,1H3,(H,21,22,26)/t14-/m0/s1. The number of para-hydroxylation sites is 2. The average Bonchev–Trinajstić information content (AvgIpc) is 3.37. The summed E-state index contributed by atoms with van der Waals surface area (Å²) in [5.41, 5.74) is 1.85. The van der Waals surface area contributed by atoms with Gasteiger partial charge in [-0.05, 0) is 30.7 Å². The van der Waals surface area contributed by atoms with Gasteiger partial charge >= 0.3 is 0 Å². The van der Waals surface area contributed by atoms with Crippen LogP contribution in [-0.4, -0.2) is 32.8 Å². The number of imidazole rings is 1. The fourth-order valence-electron chi connectivity index (χ4n) is 3.52. The number of aromatic nitrogens is 2. The summed E-state index contributed by atoms with van der Waals surface area (Å²) in [5.74, 6) is 0.669. The maximum Gasteiger partial charge on any atom is 0.232 e. The molecule has 0 saturated carbocycles. The lowest BCUT2D eigenvalue weighted by Gasteiger charge is -2.15. The average molecular weight is 366 g/mol. The van der Waals surface area contributed by atoms with Gasteiger partial charge < -0.3 is 13.9 Å². The van der Waals surface area contributed by atoms with Gasteiger partial charge in [0.1, 0.15) is 5.76 Å². The first-order chi connectivity index (χ1) is 13.2. The normalized spacial score (nSPS) is 17.0. The van der Waals surface area contributed by atoms with Crippen LogP contribution in [0.3, 0.4) is 0 Å². The molecule has 1 aliphatic rings. The Morgan fingerprint density at radius 3 is 2.93 bits per heavy atom. The molecule has 0 spiro atoms. The van der Waals surface area contributed by atoms with E-state index >= 15 is 0 Å². The van der Waals surface area contributed by atoms with Crippen molar-refractivity contribution in [3.63, 3.8) is 0 Å². The second-order valence-corrected chi connectivity index (χ2v) is 6.82. The number of anilines is 1. The molecular weight excluding hydrogens is 344 g/mol. The predicted octanol–water partition coefficient (Wildman–Crippen LogP) is 3.03. The maximum atomic E-state index is 12.8. The summed E-state index contributed by atoms with van der Waals surface area (Å²) >= 11 is 0. The lowest BCUT2D eigenvalue weighted by molar-refractivity contribution is -0.128. The number of carbonyl (C=O) groups is 2. The van der Waals surface area contributed by atoms with Crippen molar-refractivity contribution in [2.45, 2.75) is 32.9 Å². The molecule has 4 rings (SSSR count). The van der Waals surface area contributed by atoms with E-state index in [1.807, 2.05) is 34.9 Å². The molecular formula is C20H22N4O3. The molecule has 140 valence electrons. The van der Waals surface area contributed by atoms with Crippen molar-refractivity contribution < 1.29 is 14.0 Å². The lowest BCUT2D eigenvalue weighted by Crippen LogP contribution is -2.28. The van der Waals surface area contributed by atoms with E-state index in [9.17, 15) is 9.59 Å². The van der Waals surface area contributed by atoms with Gasteiger partial charge in [0.15, 0.2) is 0 Å². The molecule has 0 aliphatic carbocycles. The van der Waals surface area contributed by atoms with Crippen LogP contribution in [-0.2, 0) is 22.7 Å². The third kappa shape index (κ3) is 3.45. The van der Waals surface area contributed by atoms with Gasteiger partial charge in [0.25, 0.3) is 0 Å². The fraction of sp³-hybridized carbons (Fsp3) is 0.350. The number of likely N-dealkylation sites (tertiary alicyclic amines) is 1. The molecule has 7 nitrogen and oxygen atoms in total. The molecule has 0 bridgehead atoms. The van der Waals surface area contributed by atoms with Crippen LogP contribution in [0.15, 0.2) is 47.1 Å². The molecule has 1 fully saturated rings. The molecule has 1 aromatic carbocycles. The Morgan fingerprint density at radius 1 is 1.30 bits per heavy atom. The number of benzene rings is 1. The van der Waals surface area contributed by atoms with Crippen molar-refractivity contribution in [2.24, 2.45) is 5.92 Å². The number of furan rings is 1. The number of carbonyl (C=O) groups excluding carboxylic acids is 2. The molecule has 2 aromatic heterocycles. The van der Waals surface area contributed by atoms with Crippen LogP contribution in [0.2, 0.25) is 0 Å².